The summed E-state index contributed by atoms with van der Waals surface area (Å²) in [5.74, 6) is 0.850. The van der Waals surface area contributed by atoms with Crippen molar-refractivity contribution in [3.63, 3.8) is 0 Å². The minimum Gasteiger partial charge on any atom is -0.481 e. The number of nitrogens with zero attached hydrogens (tertiary/aromatic N) is 2. The Morgan fingerprint density at radius 3 is 2.71 bits per heavy atom. The van der Waals surface area contributed by atoms with Gasteiger partial charge in [-0.2, -0.15) is 5.10 Å². The normalized spacial score (nSPS) is 12.9. The van der Waals surface area contributed by atoms with Crippen molar-refractivity contribution in [3.8, 4) is 5.88 Å². The van der Waals surface area contributed by atoms with Crippen LogP contribution in [0.5, 0.6) is 5.88 Å². The van der Waals surface area contributed by atoms with Crippen LogP contribution < -0.4 is 10.5 Å². The second-order valence-electron chi connectivity index (χ2n) is 3.71. The van der Waals surface area contributed by atoms with E-state index in [4.69, 9.17) is 10.5 Å². The van der Waals surface area contributed by atoms with Crippen LogP contribution in [0.3, 0.4) is 0 Å². The van der Waals surface area contributed by atoms with Crippen molar-refractivity contribution >= 4 is 0 Å². The Hall–Kier alpha value is -1.03. The van der Waals surface area contributed by atoms with Crippen molar-refractivity contribution in [2.24, 2.45) is 12.8 Å². The van der Waals surface area contributed by atoms with Gasteiger partial charge in [-0.3, -0.25) is 0 Å². The molecule has 0 aliphatic carbocycles. The van der Waals surface area contributed by atoms with Crippen LogP contribution in [0.2, 0.25) is 0 Å². The summed E-state index contributed by atoms with van der Waals surface area (Å²) < 4.78 is 7.06. The van der Waals surface area contributed by atoms with Crippen molar-refractivity contribution in [2.75, 3.05) is 7.11 Å². The second-order valence-corrected chi connectivity index (χ2v) is 3.71. The first-order valence-corrected chi connectivity index (χ1v) is 4.88. The third-order valence-electron chi connectivity index (χ3n) is 2.33. The molecule has 14 heavy (non-hydrogen) atoms. The number of hydrogen-bond acceptors (Lipinski definition) is 3. The van der Waals surface area contributed by atoms with Crippen LogP contribution in [0.25, 0.3) is 0 Å². The lowest BCUT2D eigenvalue weighted by molar-refractivity contribution is 0.368. The fourth-order valence-corrected chi connectivity index (χ4v) is 1.60. The van der Waals surface area contributed by atoms with Crippen molar-refractivity contribution in [1.82, 2.24) is 9.78 Å². The largest absolute Gasteiger partial charge is 0.481 e. The van der Waals surface area contributed by atoms with E-state index in [9.17, 15) is 0 Å². The minimum absolute atomic E-state index is 0.222. The molecule has 1 heterocycles. The van der Waals surface area contributed by atoms with Gasteiger partial charge in [-0.05, 0) is 26.7 Å². The zero-order chi connectivity index (χ0) is 10.7. The summed E-state index contributed by atoms with van der Waals surface area (Å²) in [6.45, 7) is 4.01. The van der Waals surface area contributed by atoms with Crippen LogP contribution in [-0.2, 0) is 13.5 Å². The van der Waals surface area contributed by atoms with Gasteiger partial charge in [0, 0.05) is 18.7 Å². The molecule has 1 atom stereocenters. The molecule has 1 rings (SSSR count). The predicted molar refractivity (Wildman–Crippen MR) is 56.5 cm³/mol. The van der Waals surface area contributed by atoms with Crippen molar-refractivity contribution < 1.29 is 4.74 Å². The van der Waals surface area contributed by atoms with Crippen molar-refractivity contribution in [2.45, 2.75) is 32.7 Å². The maximum absolute atomic E-state index is 5.72. The summed E-state index contributed by atoms with van der Waals surface area (Å²) in [5, 5.41) is 4.31. The molecule has 0 bridgehead atoms. The highest BCUT2D eigenvalue weighted by Gasteiger charge is 2.13. The Kier molecular flexibility index (Phi) is 3.52. The molecule has 0 fully saturated rings. The lowest BCUT2D eigenvalue weighted by Crippen LogP contribution is -2.15. The van der Waals surface area contributed by atoms with E-state index < -0.39 is 0 Å². The topological polar surface area (TPSA) is 53.1 Å². The summed E-state index contributed by atoms with van der Waals surface area (Å²) >= 11 is 0. The van der Waals surface area contributed by atoms with Crippen LogP contribution in [0.15, 0.2) is 0 Å². The zero-order valence-electron chi connectivity index (χ0n) is 9.37. The van der Waals surface area contributed by atoms with Crippen LogP contribution >= 0.6 is 0 Å². The Morgan fingerprint density at radius 1 is 1.57 bits per heavy atom. The molecule has 0 amide bonds. The Bertz CT molecular complexity index is 305. The molecular weight excluding hydrogens is 178 g/mol. The highest BCUT2D eigenvalue weighted by molar-refractivity contribution is 5.31. The maximum Gasteiger partial charge on any atom is 0.214 e. The van der Waals surface area contributed by atoms with E-state index in [-0.39, 0.29) is 6.04 Å². The summed E-state index contributed by atoms with van der Waals surface area (Å²) in [7, 11) is 3.56. The molecule has 1 aromatic heterocycles. The molecule has 0 aromatic carbocycles. The van der Waals surface area contributed by atoms with Gasteiger partial charge >= 0.3 is 0 Å². The van der Waals surface area contributed by atoms with E-state index in [1.807, 2.05) is 20.9 Å². The number of nitrogens with two attached hydrogens (primary N) is 1. The van der Waals surface area contributed by atoms with Crippen molar-refractivity contribution in [1.29, 1.82) is 0 Å². The molecule has 4 heteroatoms. The molecule has 2 N–H and O–H groups in total. The Balaban J connectivity index is 2.83. The molecular formula is C10H19N3O. The van der Waals surface area contributed by atoms with Crippen LogP contribution in [-0.4, -0.2) is 22.9 Å². The van der Waals surface area contributed by atoms with E-state index in [0.29, 0.717) is 0 Å². The molecule has 0 spiro atoms. The van der Waals surface area contributed by atoms with Crippen LogP contribution in [0.1, 0.15) is 24.6 Å². The van der Waals surface area contributed by atoms with E-state index in [0.717, 1.165) is 24.4 Å². The van der Waals surface area contributed by atoms with E-state index in [1.54, 1.807) is 11.8 Å². The molecule has 4 nitrogen and oxygen atoms in total. The molecule has 0 unspecified atom stereocenters. The first-order valence-electron chi connectivity index (χ1n) is 4.88. The number of aryl methyl sites for hydroxylation is 2. The van der Waals surface area contributed by atoms with Crippen LogP contribution in [0, 0.1) is 6.92 Å². The highest BCUT2D eigenvalue weighted by atomic mass is 16.5. The van der Waals surface area contributed by atoms with Gasteiger partial charge in [-0.25, -0.2) is 4.68 Å². The van der Waals surface area contributed by atoms with Gasteiger partial charge in [0.2, 0.25) is 5.88 Å². The standard InChI is InChI=1S/C10H19N3O/c1-7(11)5-6-9-8(2)12-13(3)10(9)14-4/h7H,5-6,11H2,1-4H3/t7-/m0/s1. The smallest absolute Gasteiger partial charge is 0.214 e. The number of hydrogen-bond donors (Lipinski definition) is 1. The van der Waals surface area contributed by atoms with Gasteiger partial charge in [0.1, 0.15) is 0 Å². The first-order chi connectivity index (χ1) is 6.56. The third-order valence-corrected chi connectivity index (χ3v) is 2.33. The summed E-state index contributed by atoms with van der Waals surface area (Å²) in [6, 6.07) is 0.222. The molecule has 0 saturated heterocycles. The number of methoxy groups -OCH3 is 1. The number of aromatic nitrogens is 2. The molecule has 0 aliphatic heterocycles. The van der Waals surface area contributed by atoms with Gasteiger partial charge in [0.15, 0.2) is 0 Å². The van der Waals surface area contributed by atoms with Crippen LogP contribution in [0.4, 0.5) is 0 Å². The van der Waals surface area contributed by atoms with Gasteiger partial charge in [-0.15, -0.1) is 0 Å². The first kappa shape index (κ1) is 11.0. The maximum atomic E-state index is 5.72. The lowest BCUT2D eigenvalue weighted by Gasteiger charge is -2.06. The van der Waals surface area contributed by atoms with Crippen molar-refractivity contribution in [3.05, 3.63) is 11.3 Å². The van der Waals surface area contributed by atoms with E-state index in [2.05, 4.69) is 5.10 Å². The van der Waals surface area contributed by atoms with Gasteiger partial charge < -0.3 is 10.5 Å². The zero-order valence-corrected chi connectivity index (χ0v) is 9.37. The van der Waals surface area contributed by atoms with Gasteiger partial charge in [0.05, 0.1) is 12.8 Å². The summed E-state index contributed by atoms with van der Waals surface area (Å²) in [4.78, 5) is 0. The molecule has 80 valence electrons. The third kappa shape index (κ3) is 2.26. The fourth-order valence-electron chi connectivity index (χ4n) is 1.60. The second kappa shape index (κ2) is 4.46. The van der Waals surface area contributed by atoms with E-state index >= 15 is 0 Å². The SMILES string of the molecule is COc1c(CC[C@H](C)N)c(C)nn1C. The fraction of sp³-hybridized carbons (Fsp3) is 0.700. The summed E-state index contributed by atoms with van der Waals surface area (Å²) in [5.41, 5.74) is 7.93. The monoisotopic (exact) mass is 197 g/mol. The molecule has 0 saturated carbocycles. The minimum atomic E-state index is 0.222. The highest BCUT2D eigenvalue weighted by Crippen LogP contribution is 2.22. The van der Waals surface area contributed by atoms with Gasteiger partial charge in [-0.1, -0.05) is 0 Å². The average Bonchev–Trinajstić information content (AvgIpc) is 2.36. The predicted octanol–water partition coefficient (Wildman–Crippen LogP) is 1.02. The lowest BCUT2D eigenvalue weighted by atomic mass is 10.1. The molecule has 1 aromatic rings. The van der Waals surface area contributed by atoms with E-state index in [1.165, 1.54) is 5.56 Å². The molecule has 0 radical (unpaired) electrons. The van der Waals surface area contributed by atoms with Gasteiger partial charge in [0.25, 0.3) is 0 Å². The summed E-state index contributed by atoms with van der Waals surface area (Å²) in [6.07, 6.45) is 1.89. The Labute approximate surface area is 85.0 Å². The molecule has 0 aliphatic rings. The average molecular weight is 197 g/mol. The number of rotatable bonds is 4. The Morgan fingerprint density at radius 2 is 2.21 bits per heavy atom. The number of ether oxygens (including phenoxy) is 1. The quantitative estimate of drug-likeness (QED) is 0.784.